The molecule has 0 spiro atoms. The van der Waals surface area contributed by atoms with E-state index in [0.717, 1.165) is 218 Å². The van der Waals surface area contributed by atoms with Gasteiger partial charge in [0.05, 0.1) is 78.8 Å². The van der Waals surface area contributed by atoms with Crippen molar-refractivity contribution in [3.63, 3.8) is 0 Å². The monoisotopic (exact) mass is 1080 g/mol. The first-order valence-electron chi connectivity index (χ1n) is 30.3. The van der Waals surface area contributed by atoms with E-state index in [1.165, 1.54) is 51.9 Å². The van der Waals surface area contributed by atoms with Crippen molar-refractivity contribution in [1.29, 1.82) is 0 Å². The molecule has 0 saturated carbocycles. The highest BCUT2D eigenvalue weighted by Gasteiger charge is 2.35. The lowest BCUT2D eigenvalue weighted by atomic mass is 9.87. The van der Waals surface area contributed by atoms with Crippen molar-refractivity contribution in [3.05, 3.63) is 132 Å². The van der Waals surface area contributed by atoms with Crippen molar-refractivity contribution in [3.8, 4) is 33.8 Å². The molecule has 3 saturated heterocycles. The molecule has 428 valence electrons. The summed E-state index contributed by atoms with van der Waals surface area (Å²) in [6.07, 6.45) is 26.2. The van der Waals surface area contributed by atoms with E-state index in [-0.39, 0.29) is 16.2 Å². The number of allylic oxidation sites excluding steroid dienone is 5. The molecule has 10 nitrogen and oxygen atoms in total. The average molecular weight is 1080 g/mol. The van der Waals surface area contributed by atoms with Crippen LogP contribution in [0.3, 0.4) is 0 Å². The first-order valence-corrected chi connectivity index (χ1v) is 30.3. The molecule has 0 radical (unpaired) electrons. The molecular weight excluding hydrogens is 987 g/mol. The summed E-state index contributed by atoms with van der Waals surface area (Å²) in [5, 5.41) is 0. The molecule has 3 aliphatic heterocycles. The Balaban J connectivity index is 0.763. The Hall–Kier alpha value is -4.78. The lowest BCUT2D eigenvalue weighted by Crippen LogP contribution is -2.43. The maximum atomic E-state index is 6.38. The molecule has 2 aliphatic carbocycles. The van der Waals surface area contributed by atoms with Gasteiger partial charge in [-0.1, -0.05) is 107 Å². The molecule has 4 aromatic rings. The molecule has 1 unspecified atom stereocenters. The van der Waals surface area contributed by atoms with E-state index in [1.807, 2.05) is 0 Å². The van der Waals surface area contributed by atoms with Gasteiger partial charge in [0.2, 0.25) is 0 Å². The molecule has 0 amide bonds. The van der Waals surface area contributed by atoms with Crippen LogP contribution in [0.2, 0.25) is 0 Å². The number of benzene rings is 4. The van der Waals surface area contributed by atoms with Gasteiger partial charge in [-0.3, -0.25) is 0 Å². The van der Waals surface area contributed by atoms with E-state index in [1.54, 1.807) is 0 Å². The Bertz CT molecular complexity index is 2380. The summed E-state index contributed by atoms with van der Waals surface area (Å²) in [7, 11) is 0. The van der Waals surface area contributed by atoms with Crippen molar-refractivity contribution in [2.24, 2.45) is 16.2 Å². The maximum Gasteiger partial charge on any atom is 0.119 e. The van der Waals surface area contributed by atoms with Crippen LogP contribution in [0.25, 0.3) is 22.3 Å². The van der Waals surface area contributed by atoms with E-state index in [2.05, 4.69) is 141 Å². The van der Waals surface area contributed by atoms with Crippen LogP contribution in [0.15, 0.2) is 132 Å². The van der Waals surface area contributed by atoms with Crippen molar-refractivity contribution in [1.82, 2.24) is 0 Å². The zero-order chi connectivity index (χ0) is 54.4. The van der Waals surface area contributed by atoms with Gasteiger partial charge in [0.15, 0.2) is 0 Å². The number of unbranched alkanes of at least 4 members (excludes halogenated alkanes) is 9. The second kappa shape index (κ2) is 30.3. The minimum absolute atomic E-state index is 0.226. The summed E-state index contributed by atoms with van der Waals surface area (Å²) in [6, 6.07) is 35.2. The average Bonchev–Trinajstić information content (AvgIpc) is 3.48. The van der Waals surface area contributed by atoms with Crippen LogP contribution >= 0.6 is 0 Å². The molecule has 5 aliphatic rings. The molecule has 3 heterocycles. The highest BCUT2D eigenvalue weighted by Crippen LogP contribution is 2.39. The fourth-order valence-electron chi connectivity index (χ4n) is 11.1. The number of rotatable bonds is 36. The molecular formula is C69H93NO9. The SMILES string of the molecule is CC1(COCCCCCCOc2ccc(-c3ccc(N(C4=CC=C(C5=CCC(OCCCCCCOCC6(C)COC6)CC5)CC4)c4ccc(-c5ccc(OCCCCCCOCC6(C)COC6)cc5)cc4)cc3)cc2)COC1. The van der Waals surface area contributed by atoms with Crippen LogP contribution < -0.4 is 14.4 Å². The van der Waals surface area contributed by atoms with Crippen molar-refractivity contribution < 1.29 is 42.6 Å². The van der Waals surface area contributed by atoms with E-state index in [4.69, 9.17) is 42.6 Å². The highest BCUT2D eigenvalue weighted by molar-refractivity contribution is 5.75. The smallest absolute Gasteiger partial charge is 0.119 e. The van der Waals surface area contributed by atoms with Gasteiger partial charge < -0.3 is 47.5 Å². The lowest BCUT2D eigenvalue weighted by Gasteiger charge is -2.37. The molecule has 0 N–H and O–H groups in total. The first kappa shape index (κ1) is 58.9. The summed E-state index contributed by atoms with van der Waals surface area (Å²) in [5.41, 5.74) is 12.0. The van der Waals surface area contributed by atoms with Gasteiger partial charge in [0.1, 0.15) is 11.5 Å². The fourth-order valence-corrected chi connectivity index (χ4v) is 11.1. The zero-order valence-electron chi connectivity index (χ0n) is 48.3. The summed E-state index contributed by atoms with van der Waals surface area (Å²) in [5.74, 6) is 1.83. The van der Waals surface area contributed by atoms with Gasteiger partial charge in [-0.2, -0.15) is 0 Å². The van der Waals surface area contributed by atoms with Crippen LogP contribution in [-0.2, 0) is 33.2 Å². The molecule has 9 rings (SSSR count). The minimum atomic E-state index is 0.226. The molecule has 1 atom stereocenters. The van der Waals surface area contributed by atoms with Crippen molar-refractivity contribution in [2.45, 2.75) is 136 Å². The number of ether oxygens (including phenoxy) is 9. The third-order valence-electron chi connectivity index (χ3n) is 16.3. The number of hydrogen-bond donors (Lipinski definition) is 0. The Labute approximate surface area is 474 Å². The van der Waals surface area contributed by atoms with Gasteiger partial charge in [0, 0.05) is 59.7 Å². The van der Waals surface area contributed by atoms with Crippen LogP contribution in [0.4, 0.5) is 11.4 Å². The molecule has 4 aromatic carbocycles. The Morgan fingerprint density at radius 2 is 0.810 bits per heavy atom. The standard InChI is InChI=1S/C69H93NO9/c1-67(49-74-50-67)46-71-40-10-4-7-13-43-77-64-34-22-58(23-35-64)55-16-28-61(29-17-55)70(62-30-18-56(19-31-62)59-24-36-65(37-25-59)78-44-14-8-5-11-41-72-47-68(2)51-75-52-68)63-32-20-57(21-33-63)60-26-38-66(39-27-60)79-45-15-9-6-12-42-73-48-69(3)53-76-54-69/h16-20,22-26,28-32,34-37,66H,4-15,21,27,33,38-54H2,1-3H3. The van der Waals surface area contributed by atoms with Gasteiger partial charge in [0.25, 0.3) is 0 Å². The molecule has 3 fully saturated rings. The van der Waals surface area contributed by atoms with E-state index >= 15 is 0 Å². The van der Waals surface area contributed by atoms with E-state index < -0.39 is 0 Å². The second-order valence-corrected chi connectivity index (χ2v) is 24.3. The normalized spacial score (nSPS) is 19.0. The largest absolute Gasteiger partial charge is 0.494 e. The summed E-state index contributed by atoms with van der Waals surface area (Å²) in [4.78, 5) is 2.45. The van der Waals surface area contributed by atoms with Crippen LogP contribution in [0, 0.1) is 16.2 Å². The van der Waals surface area contributed by atoms with Gasteiger partial charge in [-0.25, -0.2) is 0 Å². The second-order valence-electron chi connectivity index (χ2n) is 24.3. The van der Waals surface area contributed by atoms with E-state index in [0.29, 0.717) is 6.10 Å². The molecule has 79 heavy (non-hydrogen) atoms. The topological polar surface area (TPSA) is 86.3 Å². The van der Waals surface area contributed by atoms with Gasteiger partial charge >= 0.3 is 0 Å². The van der Waals surface area contributed by atoms with Gasteiger partial charge in [-0.15, -0.1) is 0 Å². The number of anilines is 2. The highest BCUT2D eigenvalue weighted by atomic mass is 16.5. The molecule has 0 bridgehead atoms. The van der Waals surface area contributed by atoms with Crippen LogP contribution in [-0.4, -0.2) is 105 Å². The Morgan fingerprint density at radius 3 is 1.16 bits per heavy atom. The van der Waals surface area contributed by atoms with Crippen molar-refractivity contribution >= 4 is 11.4 Å². The Kier molecular flexibility index (Phi) is 22.6. The third-order valence-corrected chi connectivity index (χ3v) is 16.3. The first-order chi connectivity index (χ1) is 38.7. The number of nitrogens with zero attached hydrogens (tertiary/aromatic N) is 1. The van der Waals surface area contributed by atoms with Crippen LogP contribution in [0.5, 0.6) is 11.5 Å². The lowest BCUT2D eigenvalue weighted by molar-refractivity contribution is -0.138. The Morgan fingerprint density at radius 1 is 0.418 bits per heavy atom. The minimum Gasteiger partial charge on any atom is -0.494 e. The quantitative estimate of drug-likeness (QED) is 0.0411. The number of hydrogen-bond acceptors (Lipinski definition) is 10. The predicted octanol–water partition coefficient (Wildman–Crippen LogP) is 15.9. The summed E-state index contributed by atoms with van der Waals surface area (Å²) >= 11 is 0. The maximum absolute atomic E-state index is 6.38. The fraction of sp³-hybridized carbons (Fsp3) is 0.565. The van der Waals surface area contributed by atoms with E-state index in [9.17, 15) is 0 Å². The molecule has 10 heteroatoms. The van der Waals surface area contributed by atoms with Gasteiger partial charge in [-0.05, 0) is 171 Å². The van der Waals surface area contributed by atoms with Crippen molar-refractivity contribution in [2.75, 3.05) is 104 Å². The molecule has 0 aromatic heterocycles. The zero-order valence-corrected chi connectivity index (χ0v) is 48.3. The predicted molar refractivity (Wildman–Crippen MR) is 319 cm³/mol. The van der Waals surface area contributed by atoms with Crippen LogP contribution in [0.1, 0.15) is 130 Å². The summed E-state index contributed by atoms with van der Waals surface area (Å²) in [6.45, 7) is 18.9. The third kappa shape index (κ3) is 18.4. The summed E-state index contributed by atoms with van der Waals surface area (Å²) < 4.78 is 52.4.